The van der Waals surface area contributed by atoms with Gasteiger partial charge in [0.1, 0.15) is 0 Å². The molecular weight excluding hydrogens is 324 g/mol. The van der Waals surface area contributed by atoms with Gasteiger partial charge in [-0.05, 0) is 0 Å². The van der Waals surface area contributed by atoms with E-state index in [2.05, 4.69) is 59.1 Å². The van der Waals surface area contributed by atoms with Gasteiger partial charge in [-0.2, -0.15) is 0 Å². The molecule has 0 aliphatic heterocycles. The molecule has 0 nitrogen and oxygen atoms in total. The standard InChI is InChI=1S/C14H31SiTe/c1-13(2)11-16(12-14(3)4)10-8-9-15(5,6)7/h8-9,13-14H,10-12H2,1-7H3/b9-8+. The van der Waals surface area contributed by atoms with Crippen molar-refractivity contribution in [2.75, 3.05) is 0 Å². The quantitative estimate of drug-likeness (QED) is 0.549. The van der Waals surface area contributed by atoms with E-state index in [0.29, 0.717) is 0 Å². The van der Waals surface area contributed by atoms with Gasteiger partial charge in [-0.25, -0.2) is 0 Å². The maximum atomic E-state index is 2.54. The summed E-state index contributed by atoms with van der Waals surface area (Å²) < 4.78 is 4.57. The Hall–Kier alpha value is 0.746. The second-order valence-corrected chi connectivity index (χ2v) is 18.1. The van der Waals surface area contributed by atoms with Crippen molar-refractivity contribution >= 4 is 27.6 Å². The molecule has 0 N–H and O–H groups in total. The molecule has 0 saturated carbocycles. The van der Waals surface area contributed by atoms with Gasteiger partial charge < -0.3 is 0 Å². The van der Waals surface area contributed by atoms with Gasteiger partial charge in [0, 0.05) is 0 Å². The van der Waals surface area contributed by atoms with Crippen LogP contribution in [0.4, 0.5) is 0 Å². The zero-order chi connectivity index (χ0) is 12.8. The van der Waals surface area contributed by atoms with Crippen molar-refractivity contribution in [1.82, 2.24) is 0 Å². The maximum absolute atomic E-state index is 2.54. The van der Waals surface area contributed by atoms with Crippen LogP contribution in [0.3, 0.4) is 0 Å². The van der Waals surface area contributed by atoms with E-state index >= 15 is 0 Å². The first-order chi connectivity index (χ1) is 7.20. The fourth-order valence-corrected chi connectivity index (χ4v) is 10.6. The van der Waals surface area contributed by atoms with Crippen LogP contribution in [-0.4, -0.2) is 27.6 Å². The van der Waals surface area contributed by atoms with Crippen LogP contribution in [0.1, 0.15) is 27.7 Å². The Bertz CT molecular complexity index is 191. The first-order valence-corrected chi connectivity index (χ1v) is 15.0. The third-order valence-corrected chi connectivity index (χ3v) is 11.7. The first kappa shape index (κ1) is 16.7. The summed E-state index contributed by atoms with van der Waals surface area (Å²) in [5, 5.41) is 0. The Balaban J connectivity index is 4.16. The van der Waals surface area contributed by atoms with Crippen molar-refractivity contribution in [2.24, 2.45) is 11.8 Å². The van der Waals surface area contributed by atoms with Crippen LogP contribution in [0.15, 0.2) is 11.8 Å². The zero-order valence-corrected chi connectivity index (χ0v) is 15.7. The van der Waals surface area contributed by atoms with Crippen LogP contribution < -0.4 is 0 Å². The van der Waals surface area contributed by atoms with Gasteiger partial charge in [0.2, 0.25) is 0 Å². The second-order valence-electron chi connectivity index (χ2n) is 6.67. The van der Waals surface area contributed by atoms with Crippen LogP contribution in [0.2, 0.25) is 33.0 Å². The summed E-state index contributed by atoms with van der Waals surface area (Å²) in [6.07, 6.45) is 2.54. The molecule has 0 amide bonds. The van der Waals surface area contributed by atoms with Gasteiger partial charge in [0.15, 0.2) is 0 Å². The van der Waals surface area contributed by atoms with E-state index in [0.717, 1.165) is 11.8 Å². The summed E-state index contributed by atoms with van der Waals surface area (Å²) in [7, 11) is -0.957. The average molecular weight is 355 g/mol. The molecule has 0 atom stereocenters. The third kappa shape index (κ3) is 11.2. The fourth-order valence-electron chi connectivity index (χ4n) is 1.68. The van der Waals surface area contributed by atoms with Crippen LogP contribution >= 0.6 is 0 Å². The van der Waals surface area contributed by atoms with E-state index in [4.69, 9.17) is 0 Å². The monoisotopic (exact) mass is 357 g/mol. The van der Waals surface area contributed by atoms with E-state index in [9.17, 15) is 0 Å². The van der Waals surface area contributed by atoms with Crippen molar-refractivity contribution in [3.63, 3.8) is 0 Å². The minimum atomic E-state index is -0.957. The first-order valence-electron chi connectivity index (χ1n) is 6.52. The number of hydrogen-bond acceptors (Lipinski definition) is 0. The van der Waals surface area contributed by atoms with Crippen molar-refractivity contribution in [2.45, 2.75) is 60.7 Å². The summed E-state index contributed by atoms with van der Waals surface area (Å²) in [5.74, 6) is 1.83. The molecule has 0 spiro atoms. The van der Waals surface area contributed by atoms with E-state index in [1.54, 1.807) is 8.94 Å². The summed E-state index contributed by atoms with van der Waals surface area (Å²) in [6.45, 7) is 16.8. The van der Waals surface area contributed by atoms with Gasteiger partial charge in [-0.15, -0.1) is 0 Å². The van der Waals surface area contributed by atoms with Crippen LogP contribution in [0, 0.1) is 11.8 Å². The normalized spacial score (nSPS) is 13.6. The van der Waals surface area contributed by atoms with E-state index in [1.165, 1.54) is 4.47 Å². The van der Waals surface area contributed by atoms with E-state index < -0.39 is 27.6 Å². The molecule has 0 aliphatic rings. The van der Waals surface area contributed by atoms with E-state index in [1.807, 2.05) is 0 Å². The Morgan fingerprint density at radius 3 is 1.69 bits per heavy atom. The van der Waals surface area contributed by atoms with Crippen LogP contribution in [-0.2, 0) is 0 Å². The zero-order valence-electron chi connectivity index (χ0n) is 12.3. The molecule has 0 rings (SSSR count). The predicted molar refractivity (Wildman–Crippen MR) is 82.3 cm³/mol. The van der Waals surface area contributed by atoms with Gasteiger partial charge >= 0.3 is 112 Å². The summed E-state index contributed by atoms with van der Waals surface area (Å²) >= 11 is -0.817. The summed E-state index contributed by atoms with van der Waals surface area (Å²) in [4.78, 5) is 0. The van der Waals surface area contributed by atoms with E-state index in [-0.39, 0.29) is 0 Å². The van der Waals surface area contributed by atoms with Crippen LogP contribution in [0.25, 0.3) is 0 Å². The second kappa shape index (κ2) is 7.96. The number of hydrogen-bond donors (Lipinski definition) is 0. The molecule has 16 heavy (non-hydrogen) atoms. The Morgan fingerprint density at radius 2 is 1.38 bits per heavy atom. The SMILES string of the molecule is CC(C)C[Te](C/C=C/[Si](C)(C)C)CC(C)C. The molecule has 97 valence electrons. The van der Waals surface area contributed by atoms with Gasteiger partial charge in [0.05, 0.1) is 0 Å². The topological polar surface area (TPSA) is 0 Å². The molecule has 0 aliphatic carbocycles. The minimum absolute atomic E-state index is 0.817. The predicted octanol–water partition coefficient (Wildman–Crippen LogP) is 5.23. The summed E-state index contributed by atoms with van der Waals surface area (Å²) in [6, 6.07) is 0. The average Bonchev–Trinajstić information content (AvgIpc) is 1.98. The number of allylic oxidation sites excluding steroid dienone is 1. The van der Waals surface area contributed by atoms with Crippen molar-refractivity contribution in [3.05, 3.63) is 11.8 Å². The molecular formula is C14H31SiTe. The van der Waals surface area contributed by atoms with Gasteiger partial charge in [-0.3, -0.25) is 0 Å². The fraction of sp³-hybridized carbons (Fsp3) is 0.857. The third-order valence-electron chi connectivity index (χ3n) is 2.09. The summed E-state index contributed by atoms with van der Waals surface area (Å²) in [5.41, 5.74) is 2.54. The van der Waals surface area contributed by atoms with Crippen LogP contribution in [0.5, 0.6) is 0 Å². The van der Waals surface area contributed by atoms with Crippen molar-refractivity contribution in [1.29, 1.82) is 0 Å². The molecule has 0 heterocycles. The van der Waals surface area contributed by atoms with Crippen molar-refractivity contribution in [3.8, 4) is 0 Å². The molecule has 0 saturated heterocycles. The molecule has 2 heteroatoms. The van der Waals surface area contributed by atoms with Gasteiger partial charge in [-0.1, -0.05) is 0 Å². The Labute approximate surface area is 112 Å². The molecule has 0 aromatic heterocycles. The van der Waals surface area contributed by atoms with Gasteiger partial charge in [0.25, 0.3) is 0 Å². The molecule has 0 bridgehead atoms. The van der Waals surface area contributed by atoms with Crippen molar-refractivity contribution < 1.29 is 0 Å². The Kier molecular flexibility index (Phi) is 8.33. The molecule has 0 aromatic rings. The Morgan fingerprint density at radius 1 is 0.938 bits per heavy atom. The molecule has 0 fully saturated rings. The molecule has 1 radical (unpaired) electrons. The molecule has 0 unspecified atom stereocenters. The number of rotatable bonds is 7. The molecule has 0 aromatic carbocycles.